The molecule has 1 aromatic heterocycles. The van der Waals surface area contributed by atoms with Gasteiger partial charge in [0.15, 0.2) is 18.1 Å². The van der Waals surface area contributed by atoms with E-state index in [1.165, 1.54) is 6.20 Å². The van der Waals surface area contributed by atoms with Crippen molar-refractivity contribution in [3.63, 3.8) is 0 Å². The third kappa shape index (κ3) is 4.81. The number of aliphatic hydroxyl groups is 2. The lowest BCUT2D eigenvalue weighted by Crippen LogP contribution is -2.44. The quantitative estimate of drug-likeness (QED) is 0.290. The van der Waals surface area contributed by atoms with Gasteiger partial charge in [-0.05, 0) is 24.5 Å². The van der Waals surface area contributed by atoms with Crippen molar-refractivity contribution in [3.8, 4) is 0 Å². The summed E-state index contributed by atoms with van der Waals surface area (Å²) in [5.74, 6) is -0.215. The highest BCUT2D eigenvalue weighted by Crippen LogP contribution is 2.30. The molecule has 0 saturated carbocycles. The summed E-state index contributed by atoms with van der Waals surface area (Å²) in [5.41, 5.74) is 11.1. The van der Waals surface area contributed by atoms with E-state index in [0.29, 0.717) is 27.8 Å². The summed E-state index contributed by atoms with van der Waals surface area (Å²) in [6, 6.07) is 4.01. The van der Waals surface area contributed by atoms with Crippen LogP contribution in [0, 0.1) is 5.92 Å². The maximum atomic E-state index is 12.5. The second-order valence-corrected chi connectivity index (χ2v) is 6.76. The van der Waals surface area contributed by atoms with Crippen molar-refractivity contribution in [3.05, 3.63) is 35.0 Å². The van der Waals surface area contributed by atoms with E-state index < -0.39 is 18.2 Å². The molecule has 26 heavy (non-hydrogen) atoms. The smallest absolute Gasteiger partial charge is 0.251 e. The first kappa shape index (κ1) is 19.9. The Balaban J connectivity index is 2.40. The maximum absolute atomic E-state index is 12.5. The van der Waals surface area contributed by atoms with Crippen LogP contribution in [0.15, 0.2) is 29.4 Å². The summed E-state index contributed by atoms with van der Waals surface area (Å²) in [7, 11) is 0. The lowest BCUT2D eigenvalue weighted by molar-refractivity contribution is -0.0690. The molecule has 2 aromatic rings. The molecule has 0 fully saturated rings. The van der Waals surface area contributed by atoms with Gasteiger partial charge in [0.1, 0.15) is 0 Å². The van der Waals surface area contributed by atoms with Crippen LogP contribution in [0.25, 0.3) is 10.8 Å². The lowest BCUT2D eigenvalue weighted by Gasteiger charge is -2.22. The summed E-state index contributed by atoms with van der Waals surface area (Å²) in [6.07, 6.45) is 0.186. The van der Waals surface area contributed by atoms with Crippen LogP contribution < -0.4 is 16.8 Å². The highest BCUT2D eigenvalue weighted by atomic mass is 35.5. The van der Waals surface area contributed by atoms with Gasteiger partial charge in [-0.2, -0.15) is 4.99 Å². The number of guanidine groups is 1. The van der Waals surface area contributed by atoms with E-state index in [1.54, 1.807) is 18.2 Å². The lowest BCUT2D eigenvalue weighted by atomic mass is 10.0. The molecule has 1 atom stereocenters. The average molecular weight is 380 g/mol. The molecule has 0 aliphatic heterocycles. The number of aliphatic imine (C=N–C) groups is 1. The second kappa shape index (κ2) is 8.31. The predicted octanol–water partition coefficient (Wildman–Crippen LogP) is 1.25. The number of aromatic nitrogens is 1. The number of hydrogen-bond donors (Lipinski definition) is 5. The first-order valence-corrected chi connectivity index (χ1v) is 8.41. The fourth-order valence-electron chi connectivity index (χ4n) is 2.56. The topological polar surface area (TPSA) is 147 Å². The van der Waals surface area contributed by atoms with Crippen molar-refractivity contribution < 1.29 is 15.0 Å². The minimum atomic E-state index is -1.66. The number of halogens is 1. The molecule has 140 valence electrons. The summed E-state index contributed by atoms with van der Waals surface area (Å²) in [6.45, 7) is 3.85. The van der Waals surface area contributed by atoms with Gasteiger partial charge < -0.3 is 27.0 Å². The van der Waals surface area contributed by atoms with Crippen LogP contribution in [0.5, 0.6) is 0 Å². The SMILES string of the molecule is CC(C)CC(NC(=O)c1ccc2c(Cl)cnc(N=C(N)N)c2c1)C(O)O. The third-order valence-electron chi connectivity index (χ3n) is 3.72. The van der Waals surface area contributed by atoms with Crippen LogP contribution in [0.4, 0.5) is 5.82 Å². The molecule has 1 heterocycles. The minimum Gasteiger partial charge on any atom is -0.370 e. The molecule has 8 nitrogen and oxygen atoms in total. The largest absolute Gasteiger partial charge is 0.370 e. The zero-order valence-corrected chi connectivity index (χ0v) is 15.2. The van der Waals surface area contributed by atoms with Gasteiger partial charge in [0.05, 0.1) is 11.1 Å². The Labute approximate surface area is 155 Å². The molecule has 1 amide bonds. The van der Waals surface area contributed by atoms with E-state index in [2.05, 4.69) is 15.3 Å². The van der Waals surface area contributed by atoms with Crippen molar-refractivity contribution in [1.82, 2.24) is 10.3 Å². The van der Waals surface area contributed by atoms with Crippen molar-refractivity contribution in [2.24, 2.45) is 22.4 Å². The number of rotatable bonds is 6. The second-order valence-electron chi connectivity index (χ2n) is 6.35. The number of pyridine rings is 1. The van der Waals surface area contributed by atoms with E-state index in [4.69, 9.17) is 23.1 Å². The van der Waals surface area contributed by atoms with E-state index >= 15 is 0 Å². The van der Waals surface area contributed by atoms with Gasteiger partial charge in [0, 0.05) is 22.5 Å². The number of hydrogen-bond acceptors (Lipinski definition) is 5. The Morgan fingerprint density at radius 2 is 2.00 bits per heavy atom. The summed E-state index contributed by atoms with van der Waals surface area (Å²) in [4.78, 5) is 20.6. The molecule has 0 saturated heterocycles. The van der Waals surface area contributed by atoms with Gasteiger partial charge in [0.25, 0.3) is 5.91 Å². The van der Waals surface area contributed by atoms with Crippen LogP contribution in [-0.4, -0.2) is 39.4 Å². The van der Waals surface area contributed by atoms with E-state index in [-0.39, 0.29) is 17.7 Å². The fraction of sp³-hybridized carbons (Fsp3) is 0.353. The monoisotopic (exact) mass is 379 g/mol. The molecule has 0 aliphatic carbocycles. The number of nitrogens with one attached hydrogen (secondary N) is 1. The molecule has 9 heteroatoms. The first-order chi connectivity index (χ1) is 12.2. The number of aliphatic hydroxyl groups excluding tert-OH is 1. The van der Waals surface area contributed by atoms with Crippen molar-refractivity contribution >= 4 is 40.1 Å². The molecular weight excluding hydrogens is 358 g/mol. The molecule has 0 bridgehead atoms. The highest BCUT2D eigenvalue weighted by Gasteiger charge is 2.21. The molecule has 7 N–H and O–H groups in total. The van der Waals surface area contributed by atoms with Crippen molar-refractivity contribution in [2.45, 2.75) is 32.6 Å². The Kier molecular flexibility index (Phi) is 6.36. The van der Waals surface area contributed by atoms with E-state index in [0.717, 1.165) is 0 Å². The number of carbonyl (C=O) groups excluding carboxylic acids is 1. The van der Waals surface area contributed by atoms with Crippen LogP contribution in [0.2, 0.25) is 5.02 Å². The number of nitrogens with two attached hydrogens (primary N) is 2. The number of fused-ring (bicyclic) bond motifs is 1. The van der Waals surface area contributed by atoms with Gasteiger partial charge in [-0.3, -0.25) is 4.79 Å². The molecule has 0 spiro atoms. The number of nitrogens with zero attached hydrogens (tertiary/aromatic N) is 2. The van der Waals surface area contributed by atoms with E-state index in [9.17, 15) is 15.0 Å². The summed E-state index contributed by atoms with van der Waals surface area (Å²) in [5, 5.41) is 23.1. The average Bonchev–Trinajstić information content (AvgIpc) is 2.55. The normalized spacial score (nSPS) is 12.4. The summed E-state index contributed by atoms with van der Waals surface area (Å²) >= 11 is 6.14. The molecule has 1 unspecified atom stereocenters. The Hall–Kier alpha value is -2.42. The zero-order chi connectivity index (χ0) is 19.4. The molecule has 0 aliphatic rings. The van der Waals surface area contributed by atoms with Crippen LogP contribution in [-0.2, 0) is 0 Å². The molecule has 0 radical (unpaired) electrons. The Morgan fingerprint density at radius 3 is 2.58 bits per heavy atom. The highest BCUT2D eigenvalue weighted by molar-refractivity contribution is 6.35. The first-order valence-electron chi connectivity index (χ1n) is 8.04. The standard InChI is InChI=1S/C17H22ClN5O3/c1-8(2)5-13(16(25)26)22-15(24)9-3-4-10-11(6-9)14(23-17(19)20)21-7-12(10)18/h3-4,6-8,13,16,25-26H,5H2,1-2H3,(H,22,24)(H4,19,20,21,23). The molecule has 1 aromatic carbocycles. The van der Waals surface area contributed by atoms with Gasteiger partial charge in [-0.1, -0.05) is 31.5 Å². The maximum Gasteiger partial charge on any atom is 0.251 e. The minimum absolute atomic E-state index is 0.170. The molecule has 2 rings (SSSR count). The van der Waals surface area contributed by atoms with Crippen molar-refractivity contribution in [2.75, 3.05) is 0 Å². The predicted molar refractivity (Wildman–Crippen MR) is 101 cm³/mol. The fourth-order valence-corrected chi connectivity index (χ4v) is 2.78. The number of benzene rings is 1. The van der Waals surface area contributed by atoms with Gasteiger partial charge in [-0.25, -0.2) is 4.98 Å². The van der Waals surface area contributed by atoms with Gasteiger partial charge >= 0.3 is 0 Å². The van der Waals surface area contributed by atoms with Crippen molar-refractivity contribution in [1.29, 1.82) is 0 Å². The number of carbonyl (C=O) groups is 1. The molecular formula is C17H22ClN5O3. The Bertz CT molecular complexity index is 835. The Morgan fingerprint density at radius 1 is 1.31 bits per heavy atom. The number of amides is 1. The zero-order valence-electron chi connectivity index (χ0n) is 14.5. The van der Waals surface area contributed by atoms with Crippen LogP contribution in [0.3, 0.4) is 0 Å². The van der Waals surface area contributed by atoms with Crippen LogP contribution in [0.1, 0.15) is 30.6 Å². The van der Waals surface area contributed by atoms with Gasteiger partial charge in [-0.15, -0.1) is 0 Å². The van der Waals surface area contributed by atoms with Gasteiger partial charge in [0.2, 0.25) is 0 Å². The summed E-state index contributed by atoms with van der Waals surface area (Å²) < 4.78 is 0. The van der Waals surface area contributed by atoms with Crippen LogP contribution >= 0.6 is 11.6 Å². The van der Waals surface area contributed by atoms with E-state index in [1.807, 2.05) is 13.8 Å². The third-order valence-corrected chi connectivity index (χ3v) is 4.02.